The molecular weight excluding hydrogens is 278 g/mol. The largest absolute Gasteiger partial charge is 0.398 e. The number of hydrogen-bond acceptors (Lipinski definition) is 3. The molecule has 0 fully saturated rings. The number of Topliss-reactive ketones (excluding diaryl/α,β-unsaturated/α-hetero) is 1. The number of carbonyl (C=O) groups excluding carboxylic acids is 1. The molecule has 0 unspecified atom stereocenters. The molecule has 94 valence electrons. The minimum absolute atomic E-state index is 0.0277. The molecule has 4 heteroatoms. The number of thioether (sulfide) groups is 1. The van der Waals surface area contributed by atoms with Crippen molar-refractivity contribution in [2.45, 2.75) is 4.90 Å². The Hall–Kier alpha value is -1.71. The number of para-hydroxylation sites is 1. The second-order valence-corrected chi connectivity index (χ2v) is 5.73. The number of allylic oxidation sites excluding steroid dienone is 1. The molecule has 19 heavy (non-hydrogen) atoms. The van der Waals surface area contributed by atoms with E-state index in [2.05, 4.69) is 0 Å². The number of benzene rings is 2. The van der Waals surface area contributed by atoms with Gasteiger partial charge >= 0.3 is 0 Å². The van der Waals surface area contributed by atoms with Crippen molar-refractivity contribution in [3.05, 3.63) is 63.5 Å². The highest BCUT2D eigenvalue weighted by molar-refractivity contribution is 8.04. The summed E-state index contributed by atoms with van der Waals surface area (Å²) >= 11 is 7.37. The van der Waals surface area contributed by atoms with Crippen molar-refractivity contribution >= 4 is 40.9 Å². The minimum atomic E-state index is 0.0277. The number of carbonyl (C=O) groups is 1. The predicted octanol–water partition coefficient (Wildman–Crippen LogP) is 4.25. The van der Waals surface area contributed by atoms with Gasteiger partial charge in [0.05, 0.1) is 4.91 Å². The van der Waals surface area contributed by atoms with Crippen molar-refractivity contribution in [1.82, 2.24) is 0 Å². The highest BCUT2D eigenvalue weighted by atomic mass is 35.5. The Morgan fingerprint density at radius 2 is 1.95 bits per heavy atom. The van der Waals surface area contributed by atoms with Gasteiger partial charge in [-0.2, -0.15) is 0 Å². The van der Waals surface area contributed by atoms with Crippen molar-refractivity contribution in [2.75, 3.05) is 5.73 Å². The van der Waals surface area contributed by atoms with Crippen LogP contribution in [0.3, 0.4) is 0 Å². The van der Waals surface area contributed by atoms with E-state index in [1.54, 1.807) is 12.1 Å². The zero-order chi connectivity index (χ0) is 13.4. The van der Waals surface area contributed by atoms with E-state index in [1.807, 2.05) is 36.4 Å². The van der Waals surface area contributed by atoms with Gasteiger partial charge in [-0.3, -0.25) is 4.79 Å². The number of halogens is 1. The summed E-state index contributed by atoms with van der Waals surface area (Å²) in [7, 11) is 0. The molecule has 0 spiro atoms. The molecule has 1 aliphatic rings. The topological polar surface area (TPSA) is 43.1 Å². The molecule has 2 nitrogen and oxygen atoms in total. The lowest BCUT2D eigenvalue weighted by Crippen LogP contribution is -1.95. The van der Waals surface area contributed by atoms with E-state index < -0.39 is 0 Å². The van der Waals surface area contributed by atoms with Crippen LogP contribution >= 0.6 is 23.4 Å². The van der Waals surface area contributed by atoms with E-state index in [4.69, 9.17) is 17.3 Å². The van der Waals surface area contributed by atoms with Crippen LogP contribution in [-0.2, 0) is 0 Å². The summed E-state index contributed by atoms with van der Waals surface area (Å²) < 4.78 is 0. The predicted molar refractivity (Wildman–Crippen MR) is 80.5 cm³/mol. The first-order valence-corrected chi connectivity index (χ1v) is 6.93. The molecule has 2 N–H and O–H groups in total. The maximum absolute atomic E-state index is 12.3. The first kappa shape index (κ1) is 12.3. The van der Waals surface area contributed by atoms with Gasteiger partial charge in [0.15, 0.2) is 0 Å². The molecule has 2 aromatic rings. The lowest BCUT2D eigenvalue weighted by Gasteiger charge is -2.00. The van der Waals surface area contributed by atoms with Gasteiger partial charge in [-0.25, -0.2) is 0 Å². The first-order valence-electron chi connectivity index (χ1n) is 5.73. The molecule has 0 atom stereocenters. The summed E-state index contributed by atoms with van der Waals surface area (Å²) in [5.41, 5.74) is 8.11. The minimum Gasteiger partial charge on any atom is -0.398 e. The van der Waals surface area contributed by atoms with Crippen molar-refractivity contribution in [2.24, 2.45) is 0 Å². The smallest absolute Gasteiger partial charge is 0.200 e. The highest BCUT2D eigenvalue weighted by Crippen LogP contribution is 2.42. The Labute approximate surface area is 120 Å². The van der Waals surface area contributed by atoms with Crippen molar-refractivity contribution in [3.63, 3.8) is 0 Å². The van der Waals surface area contributed by atoms with Crippen molar-refractivity contribution in [3.8, 4) is 0 Å². The van der Waals surface area contributed by atoms with Gasteiger partial charge in [0.1, 0.15) is 0 Å². The zero-order valence-electron chi connectivity index (χ0n) is 9.89. The second kappa shape index (κ2) is 4.76. The van der Waals surface area contributed by atoms with E-state index in [-0.39, 0.29) is 5.78 Å². The van der Waals surface area contributed by atoms with Crippen LogP contribution in [0.25, 0.3) is 6.08 Å². The second-order valence-electron chi connectivity index (χ2n) is 4.21. The van der Waals surface area contributed by atoms with Crippen LogP contribution in [0.15, 0.2) is 52.3 Å². The van der Waals surface area contributed by atoms with Gasteiger partial charge in [0.25, 0.3) is 0 Å². The summed E-state index contributed by atoms with van der Waals surface area (Å²) in [6.45, 7) is 0. The van der Waals surface area contributed by atoms with Gasteiger partial charge in [-0.1, -0.05) is 41.6 Å². The Morgan fingerprint density at radius 3 is 2.74 bits per heavy atom. The number of hydrogen-bond donors (Lipinski definition) is 1. The molecule has 0 saturated heterocycles. The number of ketones is 1. The molecule has 1 heterocycles. The van der Waals surface area contributed by atoms with E-state index >= 15 is 0 Å². The summed E-state index contributed by atoms with van der Waals surface area (Å²) in [5.74, 6) is 0.0277. The fourth-order valence-corrected chi connectivity index (χ4v) is 3.26. The SMILES string of the molecule is Nc1ccccc1C=C1Sc2cc(Cl)ccc2C1=O. The summed E-state index contributed by atoms with van der Waals surface area (Å²) in [6.07, 6.45) is 1.83. The third-order valence-electron chi connectivity index (χ3n) is 2.91. The highest BCUT2D eigenvalue weighted by Gasteiger charge is 2.25. The van der Waals surface area contributed by atoms with E-state index in [9.17, 15) is 4.79 Å². The zero-order valence-corrected chi connectivity index (χ0v) is 11.5. The molecule has 1 aliphatic heterocycles. The fraction of sp³-hybridized carbons (Fsp3) is 0. The molecule has 0 saturated carbocycles. The molecule has 3 rings (SSSR count). The molecule has 0 radical (unpaired) electrons. The molecule has 0 amide bonds. The van der Waals surface area contributed by atoms with E-state index in [1.165, 1.54) is 11.8 Å². The maximum atomic E-state index is 12.3. The van der Waals surface area contributed by atoms with Gasteiger partial charge in [0, 0.05) is 21.2 Å². The lowest BCUT2D eigenvalue weighted by atomic mass is 10.1. The maximum Gasteiger partial charge on any atom is 0.200 e. The van der Waals surface area contributed by atoms with E-state index in [0.29, 0.717) is 21.2 Å². The van der Waals surface area contributed by atoms with Gasteiger partial charge < -0.3 is 5.73 Å². The van der Waals surface area contributed by atoms with Crippen LogP contribution in [-0.4, -0.2) is 5.78 Å². The molecule has 2 aromatic carbocycles. The third kappa shape index (κ3) is 2.27. The van der Waals surface area contributed by atoms with Crippen LogP contribution in [0.5, 0.6) is 0 Å². The average Bonchev–Trinajstić information content (AvgIpc) is 2.68. The molecule has 0 bridgehead atoms. The quantitative estimate of drug-likeness (QED) is 0.630. The standard InChI is InChI=1S/C15H10ClNOS/c16-10-5-6-11-13(8-10)19-14(15(11)18)7-9-3-1-2-4-12(9)17/h1-8H,17H2. The number of nitrogens with two attached hydrogens (primary N) is 1. The van der Waals surface area contributed by atoms with Crippen LogP contribution < -0.4 is 5.73 Å². The van der Waals surface area contributed by atoms with Crippen molar-refractivity contribution < 1.29 is 4.79 Å². The molecule has 0 aliphatic carbocycles. The summed E-state index contributed by atoms with van der Waals surface area (Å²) in [5, 5.41) is 0.638. The number of anilines is 1. The Bertz CT molecular complexity index is 709. The van der Waals surface area contributed by atoms with Crippen molar-refractivity contribution in [1.29, 1.82) is 0 Å². The number of nitrogen functional groups attached to an aromatic ring is 1. The molecular formula is C15H10ClNOS. The Balaban J connectivity index is 2.02. The van der Waals surface area contributed by atoms with Crippen LogP contribution in [0.1, 0.15) is 15.9 Å². The number of fused-ring (bicyclic) bond motifs is 1. The fourth-order valence-electron chi connectivity index (χ4n) is 1.94. The monoisotopic (exact) mass is 287 g/mol. The lowest BCUT2D eigenvalue weighted by molar-refractivity contribution is 0.104. The summed E-state index contributed by atoms with van der Waals surface area (Å²) in [4.78, 5) is 13.8. The Morgan fingerprint density at radius 1 is 1.16 bits per heavy atom. The normalized spacial score (nSPS) is 15.8. The van der Waals surface area contributed by atoms with Gasteiger partial charge in [-0.15, -0.1) is 0 Å². The van der Waals surface area contributed by atoms with Crippen LogP contribution in [0.2, 0.25) is 5.02 Å². The first-order chi connectivity index (χ1) is 9.15. The van der Waals surface area contributed by atoms with Gasteiger partial charge in [0.2, 0.25) is 5.78 Å². The van der Waals surface area contributed by atoms with E-state index in [0.717, 1.165) is 10.5 Å². The Kier molecular flexibility index (Phi) is 3.09. The number of rotatable bonds is 1. The third-order valence-corrected chi connectivity index (χ3v) is 4.23. The summed E-state index contributed by atoms with van der Waals surface area (Å²) in [6, 6.07) is 12.8. The average molecular weight is 288 g/mol. The molecule has 0 aromatic heterocycles. The van der Waals surface area contributed by atoms with Crippen LogP contribution in [0.4, 0.5) is 5.69 Å². The van der Waals surface area contributed by atoms with Gasteiger partial charge in [-0.05, 0) is 35.9 Å². The van der Waals surface area contributed by atoms with Crippen LogP contribution in [0, 0.1) is 0 Å².